The molecule has 1 amide bonds. The fraction of sp³-hybridized carbons (Fsp3) is 0.286. The van der Waals surface area contributed by atoms with E-state index in [1.807, 2.05) is 60.7 Å². The largest absolute Gasteiger partial charge is 0.550 e. The molecule has 0 saturated heterocycles. The molecule has 0 N–H and O–H groups in total. The number of carbonyl (C=O) groups is 3. The molecule has 0 aliphatic heterocycles. The van der Waals surface area contributed by atoms with Crippen molar-refractivity contribution in [3.8, 4) is 0 Å². The molecule has 0 unspecified atom stereocenters. The topological polar surface area (TPSA) is 101 Å². The normalized spacial score (nSPS) is 11.6. The molecule has 0 aliphatic carbocycles. The molecule has 0 aliphatic rings. The van der Waals surface area contributed by atoms with Crippen LogP contribution >= 0.6 is 11.8 Å². The summed E-state index contributed by atoms with van der Waals surface area (Å²) in [6.07, 6.45) is -0.0317. The number of nitrogens with zero attached hydrogens (tertiary/aromatic N) is 1. The fourth-order valence-corrected chi connectivity index (χ4v) is 3.55. The van der Waals surface area contributed by atoms with Gasteiger partial charge in [0.15, 0.2) is 0 Å². The number of amides is 1. The molecular weight excluding hydrogens is 378 g/mol. The minimum atomic E-state index is -1.51. The van der Waals surface area contributed by atoms with Gasteiger partial charge < -0.3 is 24.7 Å². The van der Waals surface area contributed by atoms with Crippen molar-refractivity contribution >= 4 is 29.6 Å². The number of aliphatic carboxylic acids is 2. The van der Waals surface area contributed by atoms with E-state index in [1.165, 1.54) is 0 Å². The molecule has 0 heterocycles. The Morgan fingerprint density at radius 1 is 0.893 bits per heavy atom. The van der Waals surface area contributed by atoms with E-state index in [4.69, 9.17) is 0 Å². The Hall–Kier alpha value is -2.80. The number of hydrogen-bond donors (Lipinski definition) is 0. The Bertz CT molecular complexity index is 782. The number of carboxylic acids is 2. The van der Waals surface area contributed by atoms with Gasteiger partial charge in [-0.15, -0.1) is 11.8 Å². The van der Waals surface area contributed by atoms with Gasteiger partial charge in [-0.2, -0.15) is 0 Å². The Morgan fingerprint density at radius 2 is 1.46 bits per heavy atom. The standard InChI is InChI=1S/C21H23NO5S/c23-19(15-28-18(21(26)27)13-20(24)25)22(14-17-9-5-2-6-10-17)12-11-16-7-3-1-4-8-16/h1-10,18H,11-15H2,(H,24,25)(H,26,27)/p-2/t18-/m0/s1. The molecule has 0 bridgehead atoms. The first-order valence-electron chi connectivity index (χ1n) is 8.83. The van der Waals surface area contributed by atoms with E-state index in [9.17, 15) is 24.6 Å². The average molecular weight is 399 g/mol. The van der Waals surface area contributed by atoms with Crippen LogP contribution in [0.3, 0.4) is 0 Å². The van der Waals surface area contributed by atoms with Crippen molar-refractivity contribution < 1.29 is 24.6 Å². The summed E-state index contributed by atoms with van der Waals surface area (Å²) in [4.78, 5) is 36.1. The minimum absolute atomic E-state index is 0.145. The van der Waals surface area contributed by atoms with E-state index >= 15 is 0 Å². The van der Waals surface area contributed by atoms with Crippen molar-refractivity contribution in [3.05, 3.63) is 71.8 Å². The Morgan fingerprint density at radius 3 is 2.00 bits per heavy atom. The Balaban J connectivity index is 2.02. The molecule has 6 nitrogen and oxygen atoms in total. The monoisotopic (exact) mass is 399 g/mol. The highest BCUT2D eigenvalue weighted by Gasteiger charge is 2.18. The highest BCUT2D eigenvalue weighted by molar-refractivity contribution is 8.01. The number of rotatable bonds is 11. The molecule has 7 heteroatoms. The summed E-state index contributed by atoms with van der Waals surface area (Å²) >= 11 is 0.753. The van der Waals surface area contributed by atoms with E-state index < -0.39 is 23.6 Å². The first-order valence-corrected chi connectivity index (χ1v) is 9.88. The van der Waals surface area contributed by atoms with Crippen LogP contribution in [0, 0.1) is 0 Å². The van der Waals surface area contributed by atoms with Gasteiger partial charge >= 0.3 is 0 Å². The minimum Gasteiger partial charge on any atom is -0.550 e. The van der Waals surface area contributed by atoms with Crippen LogP contribution in [-0.4, -0.2) is 40.3 Å². The van der Waals surface area contributed by atoms with Gasteiger partial charge in [-0.25, -0.2) is 0 Å². The Kier molecular flexibility index (Phi) is 8.55. The third-order valence-corrected chi connectivity index (χ3v) is 5.28. The van der Waals surface area contributed by atoms with Gasteiger partial charge in [0.1, 0.15) is 0 Å². The van der Waals surface area contributed by atoms with Crippen molar-refractivity contribution in [2.24, 2.45) is 0 Å². The van der Waals surface area contributed by atoms with Crippen molar-refractivity contribution in [1.82, 2.24) is 4.90 Å². The van der Waals surface area contributed by atoms with E-state index in [2.05, 4.69) is 0 Å². The molecule has 2 aromatic carbocycles. The van der Waals surface area contributed by atoms with Crippen molar-refractivity contribution in [2.75, 3.05) is 12.3 Å². The summed E-state index contributed by atoms with van der Waals surface area (Å²) in [5.41, 5.74) is 2.05. The number of hydrogen-bond acceptors (Lipinski definition) is 6. The smallest absolute Gasteiger partial charge is 0.232 e. The molecule has 1 atom stereocenters. The molecular formula is C21H21NO5S-2. The summed E-state index contributed by atoms with van der Waals surface area (Å²) in [7, 11) is 0. The first-order chi connectivity index (χ1) is 13.5. The molecule has 0 fully saturated rings. The third kappa shape index (κ3) is 7.44. The summed E-state index contributed by atoms with van der Waals surface area (Å²) in [6.45, 7) is 0.859. The Labute approximate surface area is 168 Å². The second kappa shape index (κ2) is 11.1. The van der Waals surface area contributed by atoms with E-state index in [1.54, 1.807) is 4.90 Å². The van der Waals surface area contributed by atoms with Crippen LogP contribution in [0.15, 0.2) is 60.7 Å². The maximum absolute atomic E-state index is 12.7. The molecule has 148 valence electrons. The van der Waals surface area contributed by atoms with E-state index in [-0.39, 0.29) is 11.7 Å². The van der Waals surface area contributed by atoms with Crippen molar-refractivity contribution in [3.63, 3.8) is 0 Å². The molecule has 0 saturated carbocycles. The van der Waals surface area contributed by atoms with Crippen molar-refractivity contribution in [1.29, 1.82) is 0 Å². The van der Waals surface area contributed by atoms with E-state index in [0.29, 0.717) is 19.5 Å². The van der Waals surface area contributed by atoms with Crippen molar-refractivity contribution in [2.45, 2.75) is 24.6 Å². The zero-order valence-corrected chi connectivity index (χ0v) is 16.1. The van der Waals surface area contributed by atoms with Gasteiger partial charge in [0.05, 0.1) is 17.0 Å². The molecule has 0 spiro atoms. The molecule has 28 heavy (non-hydrogen) atoms. The van der Waals surface area contributed by atoms with Gasteiger partial charge in [-0.05, 0) is 17.5 Å². The molecule has 2 rings (SSSR count). The van der Waals surface area contributed by atoms with Crippen LogP contribution in [-0.2, 0) is 27.3 Å². The number of benzene rings is 2. The zero-order chi connectivity index (χ0) is 20.4. The van der Waals surface area contributed by atoms with Gasteiger partial charge in [0.25, 0.3) is 0 Å². The van der Waals surface area contributed by atoms with E-state index in [0.717, 1.165) is 22.9 Å². The van der Waals surface area contributed by atoms with Crippen LogP contribution in [0.2, 0.25) is 0 Å². The van der Waals surface area contributed by atoms with Crippen LogP contribution < -0.4 is 10.2 Å². The second-order valence-corrected chi connectivity index (χ2v) is 7.42. The lowest BCUT2D eigenvalue weighted by atomic mass is 10.1. The second-order valence-electron chi connectivity index (χ2n) is 6.23. The predicted molar refractivity (Wildman–Crippen MR) is 103 cm³/mol. The lowest BCUT2D eigenvalue weighted by Gasteiger charge is -2.25. The molecule has 0 radical (unpaired) electrons. The average Bonchev–Trinajstić information content (AvgIpc) is 2.69. The number of carboxylic acid groups (broad SMARTS) is 2. The summed E-state index contributed by atoms with van der Waals surface area (Å²) in [5.74, 6) is -3.40. The zero-order valence-electron chi connectivity index (χ0n) is 15.3. The highest BCUT2D eigenvalue weighted by atomic mass is 32.2. The molecule has 2 aromatic rings. The van der Waals surface area contributed by atoms with Crippen LogP contribution in [0.4, 0.5) is 0 Å². The predicted octanol–water partition coefficient (Wildman–Crippen LogP) is 0.250. The van der Waals surface area contributed by atoms with Gasteiger partial charge in [-0.3, -0.25) is 4.79 Å². The molecule has 0 aromatic heterocycles. The maximum atomic E-state index is 12.7. The van der Waals surface area contributed by atoms with Crippen LogP contribution in [0.25, 0.3) is 0 Å². The maximum Gasteiger partial charge on any atom is 0.232 e. The number of carbonyl (C=O) groups excluding carboxylic acids is 3. The quantitative estimate of drug-likeness (QED) is 0.537. The number of thioether (sulfide) groups is 1. The lowest BCUT2D eigenvalue weighted by Crippen LogP contribution is -2.40. The van der Waals surface area contributed by atoms with Gasteiger partial charge in [0, 0.05) is 25.5 Å². The summed E-state index contributed by atoms with van der Waals surface area (Å²) in [6, 6.07) is 19.2. The lowest BCUT2D eigenvalue weighted by molar-refractivity contribution is -0.314. The third-order valence-electron chi connectivity index (χ3n) is 4.11. The van der Waals surface area contributed by atoms with Gasteiger partial charge in [0.2, 0.25) is 5.91 Å². The summed E-state index contributed by atoms with van der Waals surface area (Å²) < 4.78 is 0. The fourth-order valence-electron chi connectivity index (χ4n) is 2.63. The van der Waals surface area contributed by atoms with Crippen LogP contribution in [0.5, 0.6) is 0 Å². The highest BCUT2D eigenvalue weighted by Crippen LogP contribution is 2.16. The van der Waals surface area contributed by atoms with Gasteiger partial charge in [-0.1, -0.05) is 60.7 Å². The van der Waals surface area contributed by atoms with Crippen LogP contribution in [0.1, 0.15) is 17.5 Å². The summed E-state index contributed by atoms with van der Waals surface area (Å²) in [5, 5.41) is 20.4. The SMILES string of the molecule is O=C([O-])C[C@H](SCC(=O)N(CCc1ccccc1)Cc1ccccc1)C(=O)[O-]. The first kappa shape index (κ1) is 21.5.